The molecule has 23 heavy (non-hydrogen) atoms. The first kappa shape index (κ1) is 16.5. The number of carboxylic acid groups (broad SMARTS) is 1. The Labute approximate surface area is 128 Å². The van der Waals surface area contributed by atoms with E-state index in [9.17, 15) is 22.8 Å². The molecule has 0 bridgehead atoms. The van der Waals surface area contributed by atoms with Gasteiger partial charge in [-0.15, -0.1) is 0 Å². The monoisotopic (exact) mass is 327 g/mol. The highest BCUT2D eigenvalue weighted by molar-refractivity contribution is 5.83. The van der Waals surface area contributed by atoms with Gasteiger partial charge in [-0.25, -0.2) is 9.59 Å². The summed E-state index contributed by atoms with van der Waals surface area (Å²) in [6, 6.07) is 6.81. The number of alkyl halides is 3. The van der Waals surface area contributed by atoms with Crippen LogP contribution in [0.15, 0.2) is 42.6 Å². The summed E-state index contributed by atoms with van der Waals surface area (Å²) in [5, 5.41) is 14.4. The second kappa shape index (κ2) is 6.51. The minimum Gasteiger partial charge on any atom is -0.480 e. The zero-order valence-corrected chi connectivity index (χ0v) is 11.6. The van der Waals surface area contributed by atoms with Gasteiger partial charge in [0.15, 0.2) is 5.69 Å². The lowest BCUT2D eigenvalue weighted by molar-refractivity contribution is -0.141. The summed E-state index contributed by atoms with van der Waals surface area (Å²) >= 11 is 0. The van der Waals surface area contributed by atoms with Crippen molar-refractivity contribution in [1.29, 1.82) is 0 Å². The number of rotatable bonds is 4. The average Bonchev–Trinajstić information content (AvgIpc) is 2.97. The molecule has 0 aliphatic carbocycles. The standard InChI is InChI=1S/C14H12F3N3O3/c15-14(16,17)11-6-7-20(19-11)13(23)18-10(12(21)22)8-9-4-2-1-3-5-9/h1-7,10H,8H2,(H,18,23)(H,21,22)/t10-/m0/s1. The Morgan fingerprint density at radius 1 is 1.22 bits per heavy atom. The van der Waals surface area contributed by atoms with Crippen molar-refractivity contribution in [3.8, 4) is 0 Å². The molecular weight excluding hydrogens is 315 g/mol. The number of aromatic nitrogens is 2. The zero-order valence-electron chi connectivity index (χ0n) is 11.6. The number of carbonyl (C=O) groups is 2. The molecule has 1 aromatic carbocycles. The van der Waals surface area contributed by atoms with Crippen molar-refractivity contribution in [2.24, 2.45) is 0 Å². The Morgan fingerprint density at radius 2 is 1.87 bits per heavy atom. The largest absolute Gasteiger partial charge is 0.480 e. The predicted molar refractivity (Wildman–Crippen MR) is 72.7 cm³/mol. The number of carboxylic acids is 1. The van der Waals surface area contributed by atoms with Crippen molar-refractivity contribution < 1.29 is 27.9 Å². The number of aliphatic carboxylic acids is 1. The fraction of sp³-hybridized carbons (Fsp3) is 0.214. The molecule has 0 saturated heterocycles. The number of nitrogens with one attached hydrogen (secondary N) is 1. The van der Waals surface area contributed by atoms with Gasteiger partial charge in [-0.05, 0) is 11.6 Å². The van der Waals surface area contributed by atoms with Gasteiger partial charge in [0.25, 0.3) is 0 Å². The molecule has 1 amide bonds. The molecule has 0 fully saturated rings. The molecule has 1 aromatic heterocycles. The minimum absolute atomic E-state index is 0.00465. The number of carbonyl (C=O) groups excluding carboxylic acids is 1. The zero-order chi connectivity index (χ0) is 17.0. The highest BCUT2D eigenvalue weighted by Gasteiger charge is 2.34. The van der Waals surface area contributed by atoms with E-state index in [0.29, 0.717) is 16.3 Å². The maximum absolute atomic E-state index is 12.4. The summed E-state index contributed by atoms with van der Waals surface area (Å²) in [4.78, 5) is 23.1. The Hall–Kier alpha value is -2.84. The van der Waals surface area contributed by atoms with E-state index in [0.717, 1.165) is 6.20 Å². The van der Waals surface area contributed by atoms with Gasteiger partial charge in [0.05, 0.1) is 0 Å². The van der Waals surface area contributed by atoms with Crippen molar-refractivity contribution in [3.63, 3.8) is 0 Å². The van der Waals surface area contributed by atoms with Gasteiger partial charge in [0, 0.05) is 12.6 Å². The average molecular weight is 327 g/mol. The van der Waals surface area contributed by atoms with E-state index in [1.165, 1.54) is 0 Å². The highest BCUT2D eigenvalue weighted by Crippen LogP contribution is 2.27. The molecule has 1 heterocycles. The normalized spacial score (nSPS) is 12.7. The number of hydrogen-bond donors (Lipinski definition) is 2. The molecule has 6 nitrogen and oxygen atoms in total. The Balaban J connectivity index is 2.09. The van der Waals surface area contributed by atoms with Crippen molar-refractivity contribution >= 4 is 12.0 Å². The van der Waals surface area contributed by atoms with Crippen LogP contribution in [-0.2, 0) is 17.4 Å². The second-order valence-corrected chi connectivity index (χ2v) is 4.67. The van der Waals surface area contributed by atoms with Gasteiger partial charge < -0.3 is 10.4 Å². The summed E-state index contributed by atoms with van der Waals surface area (Å²) in [7, 11) is 0. The van der Waals surface area contributed by atoms with Gasteiger partial charge in [0.2, 0.25) is 0 Å². The Morgan fingerprint density at radius 3 is 2.39 bits per heavy atom. The third-order valence-corrected chi connectivity index (χ3v) is 2.97. The van der Waals surface area contributed by atoms with Crippen LogP contribution in [0.2, 0.25) is 0 Å². The van der Waals surface area contributed by atoms with Crippen LogP contribution in [0.1, 0.15) is 11.3 Å². The SMILES string of the molecule is O=C(O)[C@H](Cc1ccccc1)NC(=O)n1ccc(C(F)(F)F)n1. The molecule has 9 heteroatoms. The molecule has 2 aromatic rings. The van der Waals surface area contributed by atoms with Crippen molar-refractivity contribution in [3.05, 3.63) is 53.9 Å². The first-order valence-electron chi connectivity index (χ1n) is 6.48. The number of nitrogens with zero attached hydrogens (tertiary/aromatic N) is 2. The lowest BCUT2D eigenvalue weighted by Gasteiger charge is -2.14. The first-order valence-corrected chi connectivity index (χ1v) is 6.48. The minimum atomic E-state index is -4.68. The van der Waals surface area contributed by atoms with Crippen LogP contribution in [0.4, 0.5) is 18.0 Å². The van der Waals surface area contributed by atoms with Crippen LogP contribution < -0.4 is 5.32 Å². The maximum Gasteiger partial charge on any atom is 0.435 e. The smallest absolute Gasteiger partial charge is 0.435 e. The predicted octanol–water partition coefficient (Wildman–Crippen LogP) is 2.16. The Kier molecular flexibility index (Phi) is 4.68. The van der Waals surface area contributed by atoms with Gasteiger partial charge >= 0.3 is 18.2 Å². The summed E-state index contributed by atoms with van der Waals surface area (Å²) in [6.45, 7) is 0. The molecule has 0 spiro atoms. The van der Waals surface area contributed by atoms with E-state index >= 15 is 0 Å². The van der Waals surface area contributed by atoms with E-state index in [1.54, 1.807) is 30.3 Å². The first-order chi connectivity index (χ1) is 10.8. The summed E-state index contributed by atoms with van der Waals surface area (Å²) in [5.74, 6) is -1.30. The van der Waals surface area contributed by atoms with Gasteiger partial charge in [-0.2, -0.15) is 23.0 Å². The van der Waals surface area contributed by atoms with E-state index in [-0.39, 0.29) is 6.42 Å². The molecule has 0 aliphatic rings. The molecule has 2 rings (SSSR count). The van der Waals surface area contributed by atoms with Crippen molar-refractivity contribution in [2.75, 3.05) is 0 Å². The van der Waals surface area contributed by atoms with Crippen LogP contribution in [0, 0.1) is 0 Å². The van der Waals surface area contributed by atoms with E-state index in [1.807, 2.05) is 0 Å². The molecule has 0 unspecified atom stereocenters. The van der Waals surface area contributed by atoms with E-state index < -0.39 is 29.9 Å². The number of halogens is 3. The van der Waals surface area contributed by atoms with E-state index in [4.69, 9.17) is 5.11 Å². The van der Waals surface area contributed by atoms with Crippen LogP contribution in [0.5, 0.6) is 0 Å². The maximum atomic E-state index is 12.4. The Bertz CT molecular complexity index is 698. The fourth-order valence-corrected chi connectivity index (χ4v) is 1.85. The lowest BCUT2D eigenvalue weighted by Crippen LogP contribution is -2.44. The molecule has 2 N–H and O–H groups in total. The highest BCUT2D eigenvalue weighted by atomic mass is 19.4. The van der Waals surface area contributed by atoms with Crippen LogP contribution >= 0.6 is 0 Å². The fourth-order valence-electron chi connectivity index (χ4n) is 1.85. The topological polar surface area (TPSA) is 84.2 Å². The number of benzene rings is 1. The molecule has 0 saturated carbocycles. The van der Waals surface area contributed by atoms with Gasteiger partial charge in [-0.3, -0.25) is 0 Å². The number of hydrogen-bond acceptors (Lipinski definition) is 3. The van der Waals surface area contributed by atoms with Crippen LogP contribution in [0.25, 0.3) is 0 Å². The van der Waals surface area contributed by atoms with E-state index in [2.05, 4.69) is 10.4 Å². The summed E-state index contributed by atoms with van der Waals surface area (Å²) < 4.78 is 37.7. The summed E-state index contributed by atoms with van der Waals surface area (Å²) in [5.41, 5.74) is -0.570. The van der Waals surface area contributed by atoms with Gasteiger partial charge in [0.1, 0.15) is 6.04 Å². The quantitative estimate of drug-likeness (QED) is 0.901. The third-order valence-electron chi connectivity index (χ3n) is 2.97. The van der Waals surface area contributed by atoms with Crippen LogP contribution in [0.3, 0.4) is 0 Å². The van der Waals surface area contributed by atoms with Crippen molar-refractivity contribution in [2.45, 2.75) is 18.6 Å². The molecule has 1 atom stereocenters. The lowest BCUT2D eigenvalue weighted by atomic mass is 10.1. The number of amides is 1. The molecule has 0 radical (unpaired) electrons. The van der Waals surface area contributed by atoms with Gasteiger partial charge in [-0.1, -0.05) is 30.3 Å². The molecule has 122 valence electrons. The second-order valence-electron chi connectivity index (χ2n) is 4.67. The summed E-state index contributed by atoms with van der Waals surface area (Å²) in [6.07, 6.45) is -3.86. The van der Waals surface area contributed by atoms with Crippen molar-refractivity contribution in [1.82, 2.24) is 15.1 Å². The molecule has 0 aliphatic heterocycles. The van der Waals surface area contributed by atoms with Crippen LogP contribution in [-0.4, -0.2) is 32.9 Å². The third kappa shape index (κ3) is 4.31. The molecular formula is C14H12F3N3O3.